The van der Waals surface area contributed by atoms with Crippen molar-refractivity contribution in [2.75, 3.05) is 26.4 Å². The van der Waals surface area contributed by atoms with Gasteiger partial charge in [0.25, 0.3) is 0 Å². The summed E-state index contributed by atoms with van der Waals surface area (Å²) in [4.78, 5) is 0. The first-order chi connectivity index (χ1) is 19.3. The van der Waals surface area contributed by atoms with Crippen molar-refractivity contribution >= 4 is 17.2 Å². The number of benzene rings is 2. The van der Waals surface area contributed by atoms with E-state index in [1.165, 1.54) is 33.4 Å². The first-order valence-corrected chi connectivity index (χ1v) is 17.2. The standard InChI is InChI=1S/C33H50O6P2/c1-11-26-14-25(7)17-29(32(8,9)10)31(26)39-41-36-20-33(21-37-41)18-34-40(35-19-33)38-30-27(12-22(2)3)15-24(6)16-28(30)13-23(4)5/h14-17,22-23H,11-13,18-21H2,1-10H3. The van der Waals surface area contributed by atoms with Crippen molar-refractivity contribution in [2.45, 2.75) is 93.9 Å². The van der Waals surface area contributed by atoms with Crippen LogP contribution >= 0.6 is 17.2 Å². The van der Waals surface area contributed by atoms with E-state index >= 15 is 0 Å². The molecule has 41 heavy (non-hydrogen) atoms. The first-order valence-electron chi connectivity index (χ1n) is 15.0. The van der Waals surface area contributed by atoms with Gasteiger partial charge in [0, 0.05) is 5.56 Å². The van der Waals surface area contributed by atoms with Gasteiger partial charge in [0.05, 0.1) is 31.8 Å². The molecule has 2 fully saturated rings. The third kappa shape index (κ3) is 8.43. The van der Waals surface area contributed by atoms with Gasteiger partial charge in [0.1, 0.15) is 11.5 Å². The fourth-order valence-electron chi connectivity index (χ4n) is 5.34. The molecule has 2 heterocycles. The van der Waals surface area contributed by atoms with Crippen molar-refractivity contribution in [3.05, 3.63) is 57.6 Å². The zero-order valence-electron chi connectivity index (χ0n) is 26.8. The Labute approximate surface area is 250 Å². The minimum absolute atomic E-state index is 0.0542. The van der Waals surface area contributed by atoms with Gasteiger partial charge in [-0.05, 0) is 67.1 Å². The van der Waals surface area contributed by atoms with Crippen LogP contribution < -0.4 is 9.05 Å². The highest BCUT2D eigenvalue weighted by molar-refractivity contribution is 7.42. The maximum absolute atomic E-state index is 6.51. The fraction of sp³-hybridized carbons (Fsp3) is 0.636. The molecule has 0 saturated carbocycles. The molecular formula is C33H50O6P2. The van der Waals surface area contributed by atoms with Crippen LogP contribution in [-0.2, 0) is 42.8 Å². The Balaban J connectivity index is 1.40. The third-order valence-electron chi connectivity index (χ3n) is 7.38. The van der Waals surface area contributed by atoms with Crippen LogP contribution in [-0.4, -0.2) is 26.4 Å². The van der Waals surface area contributed by atoms with E-state index in [9.17, 15) is 0 Å². The van der Waals surface area contributed by atoms with Crippen LogP contribution in [0.2, 0.25) is 0 Å². The average molecular weight is 605 g/mol. The van der Waals surface area contributed by atoms with Gasteiger partial charge in [-0.1, -0.05) is 90.8 Å². The van der Waals surface area contributed by atoms with Gasteiger partial charge >= 0.3 is 17.2 Å². The van der Waals surface area contributed by atoms with Crippen LogP contribution in [0, 0.1) is 31.1 Å². The van der Waals surface area contributed by atoms with Crippen molar-refractivity contribution in [2.24, 2.45) is 17.3 Å². The topological polar surface area (TPSA) is 55.4 Å². The van der Waals surface area contributed by atoms with Crippen LogP contribution in [0.3, 0.4) is 0 Å². The molecule has 8 heteroatoms. The van der Waals surface area contributed by atoms with Crippen LogP contribution in [0.4, 0.5) is 0 Å². The van der Waals surface area contributed by atoms with E-state index in [0.717, 1.165) is 30.8 Å². The largest absolute Gasteiger partial charge is 0.426 e. The Morgan fingerprint density at radius 1 is 0.707 bits per heavy atom. The van der Waals surface area contributed by atoms with Gasteiger partial charge in [-0.3, -0.25) is 0 Å². The van der Waals surface area contributed by atoms with Crippen LogP contribution in [0.1, 0.15) is 88.8 Å². The van der Waals surface area contributed by atoms with Gasteiger partial charge in [-0.25, -0.2) is 0 Å². The Kier molecular flexibility index (Phi) is 10.8. The number of hydrogen-bond donors (Lipinski definition) is 0. The van der Waals surface area contributed by atoms with E-state index in [2.05, 4.69) is 93.5 Å². The highest BCUT2D eigenvalue weighted by Gasteiger charge is 2.45. The highest BCUT2D eigenvalue weighted by atomic mass is 31.2. The third-order valence-corrected chi connectivity index (χ3v) is 9.40. The molecule has 2 saturated heterocycles. The zero-order valence-corrected chi connectivity index (χ0v) is 28.5. The van der Waals surface area contributed by atoms with Crippen molar-refractivity contribution in [3.8, 4) is 11.5 Å². The molecule has 0 aromatic heterocycles. The highest BCUT2D eigenvalue weighted by Crippen LogP contribution is 2.55. The molecule has 1 spiro atoms. The molecule has 228 valence electrons. The van der Waals surface area contributed by atoms with Gasteiger partial charge in [-0.2, -0.15) is 0 Å². The van der Waals surface area contributed by atoms with E-state index < -0.39 is 17.2 Å². The molecule has 0 unspecified atom stereocenters. The molecule has 0 radical (unpaired) electrons. The van der Waals surface area contributed by atoms with Crippen molar-refractivity contribution in [3.63, 3.8) is 0 Å². The summed E-state index contributed by atoms with van der Waals surface area (Å²) in [5.74, 6) is 2.88. The van der Waals surface area contributed by atoms with E-state index in [1.54, 1.807) is 0 Å². The van der Waals surface area contributed by atoms with Crippen molar-refractivity contribution in [1.82, 2.24) is 0 Å². The molecule has 0 bridgehead atoms. The second kappa shape index (κ2) is 13.6. The molecule has 0 amide bonds. The summed E-state index contributed by atoms with van der Waals surface area (Å²) in [5.41, 5.74) is 6.91. The van der Waals surface area contributed by atoms with Crippen molar-refractivity contribution in [1.29, 1.82) is 0 Å². The quantitative estimate of drug-likeness (QED) is 0.266. The summed E-state index contributed by atoms with van der Waals surface area (Å²) >= 11 is 0. The molecule has 6 nitrogen and oxygen atoms in total. The normalized spacial score (nSPS) is 23.4. The van der Waals surface area contributed by atoms with Gasteiger partial charge < -0.3 is 27.1 Å². The predicted molar refractivity (Wildman–Crippen MR) is 169 cm³/mol. The molecule has 4 rings (SSSR count). The molecule has 0 atom stereocenters. The zero-order chi connectivity index (χ0) is 29.9. The minimum Gasteiger partial charge on any atom is -0.426 e. The molecule has 2 aromatic rings. The summed E-state index contributed by atoms with van der Waals surface area (Å²) in [6, 6.07) is 8.90. The lowest BCUT2D eigenvalue weighted by Crippen LogP contribution is -2.45. The van der Waals surface area contributed by atoms with Gasteiger partial charge in [0.15, 0.2) is 0 Å². The van der Waals surface area contributed by atoms with E-state index in [1.807, 2.05) is 0 Å². The lowest BCUT2D eigenvalue weighted by atomic mass is 9.84. The van der Waals surface area contributed by atoms with Crippen LogP contribution in [0.15, 0.2) is 24.3 Å². The second-order valence-corrected chi connectivity index (χ2v) is 16.0. The number of aryl methyl sites for hydroxylation is 3. The Morgan fingerprint density at radius 3 is 1.54 bits per heavy atom. The number of rotatable bonds is 9. The Hall–Kier alpha value is -1.26. The summed E-state index contributed by atoms with van der Waals surface area (Å²) in [6.07, 6.45) is 2.80. The predicted octanol–water partition coefficient (Wildman–Crippen LogP) is 9.55. The molecular weight excluding hydrogens is 554 g/mol. The smallest absolute Gasteiger partial charge is 0.397 e. The van der Waals surface area contributed by atoms with Gasteiger partial charge in [-0.15, -0.1) is 0 Å². The average Bonchev–Trinajstić information content (AvgIpc) is 2.88. The summed E-state index contributed by atoms with van der Waals surface area (Å²) in [7, 11) is -3.02. The molecule has 0 N–H and O–H groups in total. The molecule has 2 aromatic carbocycles. The lowest BCUT2D eigenvalue weighted by molar-refractivity contribution is -0.0674. The Bertz CT molecular complexity index is 1140. The molecule has 0 aliphatic carbocycles. The summed E-state index contributed by atoms with van der Waals surface area (Å²) in [5, 5.41) is 0. The summed E-state index contributed by atoms with van der Waals surface area (Å²) in [6.45, 7) is 23.9. The maximum Gasteiger partial charge on any atom is 0.397 e. The Morgan fingerprint density at radius 2 is 1.12 bits per heavy atom. The minimum atomic E-state index is -1.51. The summed E-state index contributed by atoms with van der Waals surface area (Å²) < 4.78 is 37.8. The van der Waals surface area contributed by atoms with Crippen LogP contribution in [0.25, 0.3) is 0 Å². The molecule has 2 aliphatic rings. The van der Waals surface area contributed by atoms with E-state index in [4.69, 9.17) is 27.1 Å². The van der Waals surface area contributed by atoms with Crippen molar-refractivity contribution < 1.29 is 27.1 Å². The van der Waals surface area contributed by atoms with E-state index in [-0.39, 0.29) is 10.8 Å². The molecule has 2 aliphatic heterocycles. The van der Waals surface area contributed by atoms with Crippen LogP contribution in [0.5, 0.6) is 11.5 Å². The number of hydrogen-bond acceptors (Lipinski definition) is 6. The fourth-order valence-corrected chi connectivity index (χ4v) is 7.97. The first kappa shape index (κ1) is 32.6. The van der Waals surface area contributed by atoms with E-state index in [0.29, 0.717) is 38.3 Å². The maximum atomic E-state index is 6.51. The van der Waals surface area contributed by atoms with Gasteiger partial charge in [0.2, 0.25) is 0 Å². The second-order valence-electron chi connectivity index (χ2n) is 13.7. The monoisotopic (exact) mass is 604 g/mol. The SMILES string of the molecule is CCc1cc(C)cc(C(C)(C)C)c1OP1OCC2(COP(Oc3c(CC(C)C)cc(C)cc3CC(C)C)OC2)CO1. The lowest BCUT2D eigenvalue weighted by Gasteiger charge is -2.41.